The van der Waals surface area contributed by atoms with Gasteiger partial charge in [-0.3, -0.25) is 0 Å². The molecule has 0 aromatic carbocycles. The Morgan fingerprint density at radius 2 is 2.12 bits per heavy atom. The van der Waals surface area contributed by atoms with Crippen molar-refractivity contribution in [1.29, 1.82) is 0 Å². The molecule has 0 saturated carbocycles. The molecule has 1 rings (SSSR count). The lowest BCUT2D eigenvalue weighted by atomic mass is 10.4. The molecule has 0 spiro atoms. The van der Waals surface area contributed by atoms with E-state index in [0.717, 1.165) is 0 Å². The van der Waals surface area contributed by atoms with E-state index in [0.29, 0.717) is 29.8 Å². The van der Waals surface area contributed by atoms with E-state index in [-0.39, 0.29) is 5.75 Å². The summed E-state index contributed by atoms with van der Waals surface area (Å²) in [7, 11) is -2.96. The third-order valence-corrected chi connectivity index (χ3v) is 2.98. The van der Waals surface area contributed by atoms with Crippen LogP contribution >= 0.6 is 11.6 Å². The van der Waals surface area contributed by atoms with Crippen molar-refractivity contribution in [2.75, 3.05) is 23.9 Å². The predicted molar refractivity (Wildman–Crippen MR) is 64.6 cm³/mol. The number of nitrogens with zero attached hydrogens (tertiary/aromatic N) is 2. The fourth-order valence-electron chi connectivity index (χ4n) is 1.08. The maximum absolute atomic E-state index is 10.9. The molecule has 0 amide bonds. The van der Waals surface area contributed by atoms with Crippen LogP contribution in [0, 0.1) is 0 Å². The van der Waals surface area contributed by atoms with E-state index in [4.69, 9.17) is 11.6 Å². The first-order chi connectivity index (χ1) is 7.40. The first kappa shape index (κ1) is 13.2. The number of hydrogen-bond donors (Lipinski definition) is 1. The van der Waals surface area contributed by atoms with E-state index in [1.807, 2.05) is 6.92 Å². The quantitative estimate of drug-likeness (QED) is 0.807. The highest BCUT2D eigenvalue weighted by atomic mass is 35.5. The summed E-state index contributed by atoms with van der Waals surface area (Å²) in [5, 5.41) is 3.26. The average Bonchev–Trinajstić information content (AvgIpc) is 2.14. The Labute approximate surface area is 100 Å². The second-order valence-corrected chi connectivity index (χ2v) is 6.05. The first-order valence-corrected chi connectivity index (χ1v) is 7.29. The number of rotatable bonds is 5. The molecule has 5 nitrogen and oxygen atoms in total. The Balaban J connectivity index is 2.63. The van der Waals surface area contributed by atoms with E-state index in [2.05, 4.69) is 15.3 Å². The van der Waals surface area contributed by atoms with Gasteiger partial charge in [0.05, 0.1) is 5.75 Å². The van der Waals surface area contributed by atoms with Crippen molar-refractivity contribution in [3.05, 3.63) is 17.0 Å². The minimum atomic E-state index is -2.96. The fourth-order valence-corrected chi connectivity index (χ4v) is 1.75. The van der Waals surface area contributed by atoms with Crippen molar-refractivity contribution in [3.63, 3.8) is 0 Å². The van der Waals surface area contributed by atoms with Crippen LogP contribution in [0.15, 0.2) is 6.07 Å². The van der Waals surface area contributed by atoms with Crippen molar-refractivity contribution in [3.8, 4) is 0 Å². The van der Waals surface area contributed by atoms with Gasteiger partial charge in [-0.1, -0.05) is 18.5 Å². The molecule has 7 heteroatoms. The highest BCUT2D eigenvalue weighted by Gasteiger charge is 2.04. The van der Waals surface area contributed by atoms with Crippen molar-refractivity contribution in [1.82, 2.24) is 9.97 Å². The average molecular weight is 264 g/mol. The summed E-state index contributed by atoms with van der Waals surface area (Å²) in [6.07, 6.45) is 1.88. The molecular weight excluding hydrogens is 250 g/mol. The summed E-state index contributed by atoms with van der Waals surface area (Å²) >= 11 is 5.79. The van der Waals surface area contributed by atoms with E-state index < -0.39 is 9.84 Å². The first-order valence-electron chi connectivity index (χ1n) is 4.86. The minimum Gasteiger partial charge on any atom is -0.369 e. The van der Waals surface area contributed by atoms with Gasteiger partial charge in [0.1, 0.15) is 26.6 Å². The molecular formula is C9H14ClN3O2S. The zero-order valence-electron chi connectivity index (χ0n) is 9.20. The van der Waals surface area contributed by atoms with Gasteiger partial charge in [-0.2, -0.15) is 0 Å². The summed E-state index contributed by atoms with van der Waals surface area (Å²) < 4.78 is 21.8. The van der Waals surface area contributed by atoms with Crippen LogP contribution in [0.4, 0.5) is 5.82 Å². The van der Waals surface area contributed by atoms with Gasteiger partial charge in [-0.25, -0.2) is 18.4 Å². The van der Waals surface area contributed by atoms with Crippen molar-refractivity contribution in [2.45, 2.75) is 13.3 Å². The molecule has 0 saturated heterocycles. The van der Waals surface area contributed by atoms with Gasteiger partial charge in [0.2, 0.25) is 0 Å². The molecule has 0 radical (unpaired) electrons. The Hall–Kier alpha value is -0.880. The van der Waals surface area contributed by atoms with Gasteiger partial charge in [0, 0.05) is 25.3 Å². The second kappa shape index (κ2) is 5.45. The van der Waals surface area contributed by atoms with Crippen LogP contribution in [-0.2, 0) is 16.3 Å². The van der Waals surface area contributed by atoms with Gasteiger partial charge in [-0.05, 0) is 0 Å². The van der Waals surface area contributed by atoms with Crippen LogP contribution in [0.2, 0.25) is 5.15 Å². The molecule has 0 aliphatic carbocycles. The molecule has 0 bridgehead atoms. The van der Waals surface area contributed by atoms with Crippen molar-refractivity contribution < 1.29 is 8.42 Å². The van der Waals surface area contributed by atoms with Gasteiger partial charge in [0.15, 0.2) is 0 Å². The van der Waals surface area contributed by atoms with E-state index in [9.17, 15) is 8.42 Å². The number of anilines is 1. The number of nitrogens with one attached hydrogen (secondary N) is 1. The van der Waals surface area contributed by atoms with Crippen LogP contribution in [-0.4, -0.2) is 36.9 Å². The molecule has 16 heavy (non-hydrogen) atoms. The van der Waals surface area contributed by atoms with Crippen LogP contribution in [0.25, 0.3) is 0 Å². The monoisotopic (exact) mass is 263 g/mol. The summed E-state index contributed by atoms with van der Waals surface area (Å²) in [5.74, 6) is 1.26. The Bertz CT molecular complexity index is 462. The number of aromatic nitrogens is 2. The highest BCUT2D eigenvalue weighted by Crippen LogP contribution is 2.11. The molecule has 1 aromatic heterocycles. The Kier molecular flexibility index (Phi) is 4.49. The standard InChI is InChI=1S/C9H14ClN3O2S/c1-3-8-12-7(10)6-9(13-8)11-4-5-16(2,14)15/h6H,3-5H2,1-2H3,(H,11,12,13). The van der Waals surface area contributed by atoms with E-state index in [1.165, 1.54) is 6.26 Å². The molecule has 0 aliphatic rings. The van der Waals surface area contributed by atoms with Crippen LogP contribution in [0.5, 0.6) is 0 Å². The minimum absolute atomic E-state index is 0.0656. The summed E-state index contributed by atoms with van der Waals surface area (Å²) in [6.45, 7) is 2.24. The van der Waals surface area contributed by atoms with E-state index >= 15 is 0 Å². The van der Waals surface area contributed by atoms with Gasteiger partial charge < -0.3 is 5.32 Å². The number of sulfone groups is 1. The summed E-state index contributed by atoms with van der Waals surface area (Å²) in [4.78, 5) is 8.18. The third kappa shape index (κ3) is 4.76. The Morgan fingerprint density at radius 1 is 1.44 bits per heavy atom. The largest absolute Gasteiger partial charge is 0.369 e. The lowest BCUT2D eigenvalue weighted by molar-refractivity contribution is 0.602. The van der Waals surface area contributed by atoms with Gasteiger partial charge in [0.25, 0.3) is 0 Å². The molecule has 1 heterocycles. The van der Waals surface area contributed by atoms with Crippen LogP contribution in [0.3, 0.4) is 0 Å². The zero-order chi connectivity index (χ0) is 12.2. The van der Waals surface area contributed by atoms with E-state index in [1.54, 1.807) is 6.07 Å². The van der Waals surface area contributed by atoms with Crippen LogP contribution < -0.4 is 5.32 Å². The molecule has 0 aliphatic heterocycles. The molecule has 1 N–H and O–H groups in total. The summed E-state index contributed by atoms with van der Waals surface area (Å²) in [5.41, 5.74) is 0. The lowest BCUT2D eigenvalue weighted by Gasteiger charge is -2.06. The molecule has 0 unspecified atom stereocenters. The molecule has 1 aromatic rings. The van der Waals surface area contributed by atoms with Crippen molar-refractivity contribution in [2.24, 2.45) is 0 Å². The third-order valence-electron chi connectivity index (χ3n) is 1.84. The number of hydrogen-bond acceptors (Lipinski definition) is 5. The SMILES string of the molecule is CCc1nc(Cl)cc(NCCS(C)(=O)=O)n1. The molecule has 90 valence electrons. The highest BCUT2D eigenvalue weighted by molar-refractivity contribution is 7.90. The smallest absolute Gasteiger partial charge is 0.149 e. The van der Waals surface area contributed by atoms with Crippen LogP contribution in [0.1, 0.15) is 12.7 Å². The number of halogens is 1. The van der Waals surface area contributed by atoms with Gasteiger partial charge in [-0.15, -0.1) is 0 Å². The van der Waals surface area contributed by atoms with Gasteiger partial charge >= 0.3 is 0 Å². The fraction of sp³-hybridized carbons (Fsp3) is 0.556. The maximum Gasteiger partial charge on any atom is 0.149 e. The predicted octanol–water partition coefficient (Wildman–Crippen LogP) is 1.15. The normalized spacial score (nSPS) is 11.4. The zero-order valence-corrected chi connectivity index (χ0v) is 10.8. The number of aryl methyl sites for hydroxylation is 1. The Morgan fingerprint density at radius 3 is 2.69 bits per heavy atom. The molecule has 0 atom stereocenters. The second-order valence-electron chi connectivity index (χ2n) is 3.40. The summed E-state index contributed by atoms with van der Waals surface area (Å²) in [6, 6.07) is 1.57. The molecule has 0 fully saturated rings. The lowest BCUT2D eigenvalue weighted by Crippen LogP contribution is -2.15. The topological polar surface area (TPSA) is 72.0 Å². The van der Waals surface area contributed by atoms with Crippen molar-refractivity contribution >= 4 is 27.3 Å². The maximum atomic E-state index is 10.9.